The molecule has 3 N–H and O–H groups in total. The Bertz CT molecular complexity index is 274. The maximum absolute atomic E-state index is 11.4. The van der Waals surface area contributed by atoms with Crippen molar-refractivity contribution in [2.75, 3.05) is 18.8 Å². The van der Waals surface area contributed by atoms with Crippen LogP contribution in [0.3, 0.4) is 0 Å². The summed E-state index contributed by atoms with van der Waals surface area (Å²) in [5.41, 5.74) is 5.22. The number of carbonyl (C=O) groups excluding carboxylic acids is 1. The lowest BCUT2D eigenvalue weighted by Gasteiger charge is -2.09. The second kappa shape index (κ2) is 5.98. The van der Waals surface area contributed by atoms with Gasteiger partial charge in [-0.05, 0) is 13.3 Å². The second-order valence-electron chi connectivity index (χ2n) is 3.20. The van der Waals surface area contributed by atoms with Gasteiger partial charge in [0.05, 0.1) is 5.25 Å². The molecular weight excluding hydrogens is 204 g/mol. The Morgan fingerprint density at radius 1 is 1.50 bits per heavy atom. The van der Waals surface area contributed by atoms with Crippen molar-refractivity contribution >= 4 is 15.7 Å². The van der Waals surface area contributed by atoms with Crippen LogP contribution in [0.2, 0.25) is 0 Å². The van der Waals surface area contributed by atoms with Crippen LogP contribution in [0.4, 0.5) is 0 Å². The van der Waals surface area contributed by atoms with E-state index < -0.39 is 26.7 Å². The lowest BCUT2D eigenvalue weighted by Crippen LogP contribution is -2.36. The smallest absolute Gasteiger partial charge is 0.235 e. The average molecular weight is 222 g/mol. The minimum Gasteiger partial charge on any atom is -0.355 e. The van der Waals surface area contributed by atoms with Crippen molar-refractivity contribution in [1.82, 2.24) is 5.32 Å². The third-order valence-electron chi connectivity index (χ3n) is 1.85. The predicted octanol–water partition coefficient (Wildman–Crippen LogP) is -0.725. The molecule has 0 heterocycles. The van der Waals surface area contributed by atoms with E-state index >= 15 is 0 Å². The first-order valence-electron chi connectivity index (χ1n) is 4.62. The highest BCUT2D eigenvalue weighted by atomic mass is 32.2. The summed E-state index contributed by atoms with van der Waals surface area (Å²) >= 11 is 0. The molecular formula is C8H18N2O3S. The van der Waals surface area contributed by atoms with Crippen LogP contribution in [0.15, 0.2) is 0 Å². The highest BCUT2D eigenvalue weighted by Gasteiger charge is 2.22. The minimum atomic E-state index is -3.38. The summed E-state index contributed by atoms with van der Waals surface area (Å²) in [6.07, 6.45) is 0.790. The maximum Gasteiger partial charge on any atom is 0.235 e. The molecule has 0 aromatic heterocycles. The van der Waals surface area contributed by atoms with Crippen LogP contribution in [-0.4, -0.2) is 38.4 Å². The Balaban J connectivity index is 4.16. The van der Waals surface area contributed by atoms with Gasteiger partial charge >= 0.3 is 0 Å². The molecule has 0 aromatic carbocycles. The van der Waals surface area contributed by atoms with Crippen molar-refractivity contribution < 1.29 is 13.2 Å². The van der Waals surface area contributed by atoms with E-state index in [0.29, 0.717) is 6.54 Å². The Hall–Kier alpha value is -0.620. The molecule has 0 saturated carbocycles. The van der Waals surface area contributed by atoms with Crippen LogP contribution in [0.5, 0.6) is 0 Å². The lowest BCUT2D eigenvalue weighted by atomic mass is 10.5. The number of rotatable bonds is 6. The molecule has 1 amide bonds. The van der Waals surface area contributed by atoms with Gasteiger partial charge in [0.25, 0.3) is 0 Å². The highest BCUT2D eigenvalue weighted by Crippen LogP contribution is 1.99. The van der Waals surface area contributed by atoms with E-state index in [1.165, 1.54) is 6.92 Å². The fraction of sp³-hybridized carbons (Fsp3) is 0.875. The van der Waals surface area contributed by atoms with Crippen molar-refractivity contribution in [2.45, 2.75) is 25.5 Å². The summed E-state index contributed by atoms with van der Waals surface area (Å²) in [4.78, 5) is 11.1. The SMILES string of the molecule is CCCNC(=O)CS(=O)(=O)C(C)CN. The molecule has 1 unspecified atom stereocenters. The monoisotopic (exact) mass is 222 g/mol. The molecule has 6 heteroatoms. The highest BCUT2D eigenvalue weighted by molar-refractivity contribution is 7.92. The van der Waals surface area contributed by atoms with Crippen molar-refractivity contribution in [3.8, 4) is 0 Å². The molecule has 0 spiro atoms. The lowest BCUT2D eigenvalue weighted by molar-refractivity contribution is -0.118. The number of hydrogen-bond acceptors (Lipinski definition) is 4. The van der Waals surface area contributed by atoms with Crippen molar-refractivity contribution in [2.24, 2.45) is 5.73 Å². The first-order valence-corrected chi connectivity index (χ1v) is 6.34. The third kappa shape index (κ3) is 4.57. The average Bonchev–Trinajstić information content (AvgIpc) is 2.12. The van der Waals surface area contributed by atoms with Crippen LogP contribution >= 0.6 is 0 Å². The molecule has 0 fully saturated rings. The molecule has 0 aromatic rings. The van der Waals surface area contributed by atoms with Crippen LogP contribution in [0, 0.1) is 0 Å². The van der Waals surface area contributed by atoms with Gasteiger partial charge in [-0.3, -0.25) is 4.79 Å². The molecule has 84 valence electrons. The number of amides is 1. The van der Waals surface area contributed by atoms with E-state index in [1.54, 1.807) is 0 Å². The number of nitrogens with one attached hydrogen (secondary N) is 1. The van der Waals surface area contributed by atoms with E-state index in [1.807, 2.05) is 6.92 Å². The van der Waals surface area contributed by atoms with Gasteiger partial charge in [-0.25, -0.2) is 8.42 Å². The molecule has 0 aliphatic carbocycles. The Morgan fingerprint density at radius 3 is 2.50 bits per heavy atom. The van der Waals surface area contributed by atoms with Gasteiger partial charge in [-0.15, -0.1) is 0 Å². The molecule has 5 nitrogen and oxygen atoms in total. The third-order valence-corrected chi connectivity index (χ3v) is 3.93. The van der Waals surface area contributed by atoms with Crippen molar-refractivity contribution in [3.05, 3.63) is 0 Å². The van der Waals surface area contributed by atoms with Gasteiger partial charge < -0.3 is 11.1 Å². The number of hydrogen-bond donors (Lipinski definition) is 2. The molecule has 0 aliphatic rings. The van der Waals surface area contributed by atoms with Crippen LogP contribution in [0.25, 0.3) is 0 Å². The van der Waals surface area contributed by atoms with Gasteiger partial charge in [0.15, 0.2) is 9.84 Å². The standard InChI is InChI=1S/C8H18N2O3S/c1-3-4-10-8(11)6-14(12,13)7(2)5-9/h7H,3-6,9H2,1-2H3,(H,10,11). The van der Waals surface area contributed by atoms with E-state index in [9.17, 15) is 13.2 Å². The van der Waals surface area contributed by atoms with Gasteiger partial charge in [0.2, 0.25) is 5.91 Å². The number of nitrogens with two attached hydrogens (primary N) is 1. The fourth-order valence-corrected chi connectivity index (χ4v) is 1.83. The first-order chi connectivity index (χ1) is 6.44. The molecule has 14 heavy (non-hydrogen) atoms. The molecule has 1 atom stereocenters. The van der Waals surface area contributed by atoms with Crippen molar-refractivity contribution in [1.29, 1.82) is 0 Å². The molecule has 0 radical (unpaired) electrons. The van der Waals surface area contributed by atoms with Gasteiger partial charge in [0, 0.05) is 13.1 Å². The molecule has 0 saturated heterocycles. The summed E-state index contributed by atoms with van der Waals surface area (Å²) in [5, 5.41) is 1.85. The summed E-state index contributed by atoms with van der Waals surface area (Å²) in [5.74, 6) is -0.919. The second-order valence-corrected chi connectivity index (χ2v) is 5.62. The normalized spacial score (nSPS) is 13.6. The Labute approximate surface area is 85.0 Å². The van der Waals surface area contributed by atoms with Gasteiger partial charge in [-0.1, -0.05) is 6.92 Å². The van der Waals surface area contributed by atoms with E-state index in [2.05, 4.69) is 5.32 Å². The minimum absolute atomic E-state index is 0.0450. The van der Waals surface area contributed by atoms with E-state index in [-0.39, 0.29) is 6.54 Å². The Kier molecular flexibility index (Phi) is 5.71. The van der Waals surface area contributed by atoms with E-state index in [4.69, 9.17) is 5.73 Å². The van der Waals surface area contributed by atoms with Crippen molar-refractivity contribution in [3.63, 3.8) is 0 Å². The number of carbonyl (C=O) groups is 1. The van der Waals surface area contributed by atoms with Gasteiger partial charge in [-0.2, -0.15) is 0 Å². The van der Waals surface area contributed by atoms with Crippen LogP contribution in [0.1, 0.15) is 20.3 Å². The van der Waals surface area contributed by atoms with Gasteiger partial charge in [0.1, 0.15) is 5.75 Å². The largest absolute Gasteiger partial charge is 0.355 e. The van der Waals surface area contributed by atoms with Crippen LogP contribution in [-0.2, 0) is 14.6 Å². The Morgan fingerprint density at radius 2 is 2.07 bits per heavy atom. The molecule has 0 aliphatic heterocycles. The fourth-order valence-electron chi connectivity index (χ4n) is 0.787. The van der Waals surface area contributed by atoms with E-state index in [0.717, 1.165) is 6.42 Å². The first kappa shape index (κ1) is 13.4. The molecule has 0 bridgehead atoms. The summed E-state index contributed by atoms with van der Waals surface area (Å²) in [6, 6.07) is 0. The zero-order valence-corrected chi connectivity index (χ0v) is 9.43. The summed E-state index contributed by atoms with van der Waals surface area (Å²) in [6.45, 7) is 3.95. The summed E-state index contributed by atoms with van der Waals surface area (Å²) < 4.78 is 22.8. The quantitative estimate of drug-likeness (QED) is 0.620. The maximum atomic E-state index is 11.4. The zero-order chi connectivity index (χ0) is 11.2. The topological polar surface area (TPSA) is 89.3 Å². The zero-order valence-electron chi connectivity index (χ0n) is 8.62. The predicted molar refractivity (Wildman–Crippen MR) is 55.6 cm³/mol. The van der Waals surface area contributed by atoms with Crippen LogP contribution < -0.4 is 11.1 Å². The number of sulfone groups is 1. The summed E-state index contributed by atoms with van der Waals surface area (Å²) in [7, 11) is -3.38. The molecule has 0 rings (SSSR count).